The van der Waals surface area contributed by atoms with E-state index in [2.05, 4.69) is 49.4 Å². The fraction of sp³-hybridized carbons (Fsp3) is 0.680. The Morgan fingerprint density at radius 3 is 2.79 bits per heavy atom. The molecule has 3 aliphatic carbocycles. The van der Waals surface area contributed by atoms with Crippen LogP contribution in [0, 0.1) is 34.5 Å². The summed E-state index contributed by atoms with van der Waals surface area (Å²) in [6.07, 6.45) is 13.6. The van der Waals surface area contributed by atoms with E-state index in [9.17, 15) is 4.79 Å². The summed E-state index contributed by atoms with van der Waals surface area (Å²) in [4.78, 5) is 16.7. The van der Waals surface area contributed by atoms with Crippen LogP contribution in [-0.2, 0) is 4.79 Å². The van der Waals surface area contributed by atoms with Crippen LogP contribution >= 0.6 is 0 Å². The Morgan fingerprint density at radius 2 is 2.00 bits per heavy atom. The lowest BCUT2D eigenvalue weighted by molar-refractivity contribution is -0.116. The number of carbonyl (C=O) groups is 1. The molecule has 0 saturated heterocycles. The predicted octanol–water partition coefficient (Wildman–Crippen LogP) is 5.10. The van der Waals surface area contributed by atoms with Gasteiger partial charge in [-0.1, -0.05) is 32.4 Å². The van der Waals surface area contributed by atoms with Crippen molar-refractivity contribution in [2.75, 3.05) is 6.54 Å². The summed E-state index contributed by atoms with van der Waals surface area (Å²) in [5.74, 6) is 3.64. The van der Waals surface area contributed by atoms with Crippen LogP contribution in [0.15, 0.2) is 36.2 Å². The lowest BCUT2D eigenvalue weighted by Gasteiger charge is -2.58. The SMILES string of the molecule is CC1CC2C(CCC3(C)C(c4cccnc4)CCC23)C2(C)CCNC(=O)C=C12. The van der Waals surface area contributed by atoms with E-state index in [1.54, 1.807) is 0 Å². The van der Waals surface area contributed by atoms with E-state index in [0.29, 0.717) is 17.3 Å². The maximum absolute atomic E-state index is 12.2. The molecule has 1 N–H and O–H groups in total. The minimum absolute atomic E-state index is 0.127. The number of carbonyl (C=O) groups excluding carboxylic acids is 1. The van der Waals surface area contributed by atoms with Gasteiger partial charge in [0.1, 0.15) is 0 Å². The largest absolute Gasteiger partial charge is 0.353 e. The van der Waals surface area contributed by atoms with Crippen LogP contribution in [0.3, 0.4) is 0 Å². The Morgan fingerprint density at radius 1 is 1.14 bits per heavy atom. The van der Waals surface area contributed by atoms with Crippen molar-refractivity contribution in [1.29, 1.82) is 0 Å². The van der Waals surface area contributed by atoms with Crippen LogP contribution in [0.1, 0.15) is 70.8 Å². The first-order valence-electron chi connectivity index (χ1n) is 11.3. The van der Waals surface area contributed by atoms with Gasteiger partial charge < -0.3 is 5.32 Å². The Kier molecular flexibility index (Phi) is 4.23. The molecular weight excluding hydrogens is 344 g/mol. The van der Waals surface area contributed by atoms with Gasteiger partial charge in [-0.2, -0.15) is 0 Å². The lowest BCUT2D eigenvalue weighted by Crippen LogP contribution is -2.51. The van der Waals surface area contributed by atoms with E-state index in [-0.39, 0.29) is 11.3 Å². The minimum Gasteiger partial charge on any atom is -0.353 e. The van der Waals surface area contributed by atoms with E-state index in [0.717, 1.165) is 30.7 Å². The first-order chi connectivity index (χ1) is 13.4. The van der Waals surface area contributed by atoms with Crippen molar-refractivity contribution in [3.8, 4) is 0 Å². The van der Waals surface area contributed by atoms with Gasteiger partial charge >= 0.3 is 0 Å². The third-order valence-electron chi connectivity index (χ3n) is 9.39. The van der Waals surface area contributed by atoms with Gasteiger partial charge in [-0.25, -0.2) is 0 Å². The smallest absolute Gasteiger partial charge is 0.243 e. The molecule has 1 aromatic rings. The molecule has 0 aromatic carbocycles. The second-order valence-corrected chi connectivity index (χ2v) is 10.5. The number of hydrogen-bond acceptors (Lipinski definition) is 2. The van der Waals surface area contributed by atoms with Gasteiger partial charge in [0.05, 0.1) is 0 Å². The Balaban J connectivity index is 1.50. The molecule has 4 aliphatic rings. The van der Waals surface area contributed by atoms with Crippen LogP contribution in [0.5, 0.6) is 0 Å². The van der Waals surface area contributed by atoms with Crippen LogP contribution in [0.25, 0.3) is 0 Å². The molecular formula is C25H34N2O. The van der Waals surface area contributed by atoms with Gasteiger partial charge in [0, 0.05) is 25.0 Å². The fourth-order valence-corrected chi connectivity index (χ4v) is 8.12. The van der Waals surface area contributed by atoms with E-state index in [1.807, 2.05) is 12.3 Å². The molecule has 5 rings (SSSR count). The number of nitrogens with zero attached hydrogens (tertiary/aromatic N) is 1. The van der Waals surface area contributed by atoms with Crippen LogP contribution in [-0.4, -0.2) is 17.4 Å². The number of hydrogen-bond donors (Lipinski definition) is 1. The summed E-state index contributed by atoms with van der Waals surface area (Å²) in [5, 5.41) is 3.10. The van der Waals surface area contributed by atoms with Crippen molar-refractivity contribution < 1.29 is 4.79 Å². The molecule has 3 heteroatoms. The van der Waals surface area contributed by atoms with E-state index >= 15 is 0 Å². The van der Waals surface area contributed by atoms with E-state index in [4.69, 9.17) is 0 Å². The summed E-state index contributed by atoms with van der Waals surface area (Å²) < 4.78 is 0. The number of amides is 1. The number of allylic oxidation sites excluding steroid dienone is 1. The zero-order chi connectivity index (χ0) is 19.5. The second-order valence-electron chi connectivity index (χ2n) is 10.5. The van der Waals surface area contributed by atoms with Crippen LogP contribution < -0.4 is 5.32 Å². The molecule has 3 saturated carbocycles. The van der Waals surface area contributed by atoms with Crippen molar-refractivity contribution in [2.24, 2.45) is 34.5 Å². The Bertz CT molecular complexity index is 802. The average molecular weight is 379 g/mol. The number of nitrogens with one attached hydrogen (secondary N) is 1. The highest BCUT2D eigenvalue weighted by molar-refractivity contribution is 5.88. The number of fused-ring (bicyclic) bond motifs is 5. The summed E-state index contributed by atoms with van der Waals surface area (Å²) >= 11 is 0. The highest BCUT2D eigenvalue weighted by Crippen LogP contribution is 2.68. The maximum atomic E-state index is 12.2. The number of rotatable bonds is 1. The van der Waals surface area contributed by atoms with Crippen LogP contribution in [0.2, 0.25) is 0 Å². The Labute approximate surface area is 169 Å². The maximum Gasteiger partial charge on any atom is 0.243 e. The molecule has 0 bridgehead atoms. The third kappa shape index (κ3) is 2.54. The molecule has 1 aliphatic heterocycles. The standard InChI is InChI=1S/C25H34N2O/c1-16-13-18-20-7-6-19(17-5-4-11-26-15-17)24(20,2)9-8-21(18)25(3)10-12-27-23(28)14-22(16)25/h4-5,11,14-16,18-21H,6-10,12-13H2,1-3H3,(H,27,28). The number of pyridine rings is 1. The van der Waals surface area contributed by atoms with Gasteiger partial charge in [0.2, 0.25) is 5.91 Å². The molecule has 1 amide bonds. The molecule has 1 aromatic heterocycles. The predicted molar refractivity (Wildman–Crippen MR) is 112 cm³/mol. The zero-order valence-corrected chi connectivity index (χ0v) is 17.6. The molecule has 3 nitrogen and oxygen atoms in total. The van der Waals surface area contributed by atoms with Gasteiger partial charge in [-0.05, 0) is 90.6 Å². The molecule has 0 radical (unpaired) electrons. The Hall–Kier alpha value is -1.64. The lowest BCUT2D eigenvalue weighted by atomic mass is 9.46. The summed E-state index contributed by atoms with van der Waals surface area (Å²) in [7, 11) is 0. The summed E-state index contributed by atoms with van der Waals surface area (Å²) in [6, 6.07) is 4.40. The molecule has 3 fully saturated rings. The zero-order valence-electron chi connectivity index (χ0n) is 17.6. The van der Waals surface area contributed by atoms with Gasteiger partial charge in [0.15, 0.2) is 0 Å². The minimum atomic E-state index is 0.127. The summed E-state index contributed by atoms with van der Waals surface area (Å²) in [6.45, 7) is 8.25. The molecule has 0 spiro atoms. The highest BCUT2D eigenvalue weighted by atomic mass is 16.1. The summed E-state index contributed by atoms with van der Waals surface area (Å²) in [5.41, 5.74) is 3.48. The number of aromatic nitrogens is 1. The quantitative estimate of drug-likeness (QED) is 0.739. The van der Waals surface area contributed by atoms with Crippen molar-refractivity contribution in [3.63, 3.8) is 0 Å². The topological polar surface area (TPSA) is 42.0 Å². The van der Waals surface area contributed by atoms with Crippen molar-refractivity contribution >= 4 is 5.91 Å². The third-order valence-corrected chi connectivity index (χ3v) is 9.39. The molecule has 150 valence electrons. The fourth-order valence-electron chi connectivity index (χ4n) is 8.12. The normalized spacial score (nSPS) is 45.2. The molecule has 7 atom stereocenters. The van der Waals surface area contributed by atoms with Crippen molar-refractivity contribution in [3.05, 3.63) is 41.7 Å². The second kappa shape index (κ2) is 6.43. The molecule has 2 heterocycles. The first kappa shape index (κ1) is 18.4. The van der Waals surface area contributed by atoms with Crippen molar-refractivity contribution in [2.45, 2.75) is 65.2 Å². The molecule has 7 unspecified atom stereocenters. The highest BCUT2D eigenvalue weighted by Gasteiger charge is 2.59. The monoisotopic (exact) mass is 378 g/mol. The van der Waals surface area contributed by atoms with E-state index < -0.39 is 0 Å². The van der Waals surface area contributed by atoms with Gasteiger partial charge in [-0.3, -0.25) is 9.78 Å². The first-order valence-corrected chi connectivity index (χ1v) is 11.3. The van der Waals surface area contributed by atoms with Gasteiger partial charge in [0.25, 0.3) is 0 Å². The van der Waals surface area contributed by atoms with Gasteiger partial charge in [-0.15, -0.1) is 0 Å². The molecule has 28 heavy (non-hydrogen) atoms. The van der Waals surface area contributed by atoms with Crippen LogP contribution in [0.4, 0.5) is 0 Å². The van der Waals surface area contributed by atoms with E-state index in [1.165, 1.54) is 43.2 Å². The van der Waals surface area contributed by atoms with Crippen molar-refractivity contribution in [1.82, 2.24) is 10.3 Å². The average Bonchev–Trinajstić information content (AvgIpc) is 2.94.